The molecule has 29 heavy (non-hydrogen) atoms. The van der Waals surface area contributed by atoms with Gasteiger partial charge in [0.15, 0.2) is 0 Å². The average Bonchev–Trinajstić information content (AvgIpc) is 2.73. The van der Waals surface area contributed by atoms with Crippen molar-refractivity contribution in [1.82, 2.24) is 4.90 Å². The van der Waals surface area contributed by atoms with Gasteiger partial charge in [-0.1, -0.05) is 18.2 Å². The number of ether oxygens (including phenoxy) is 2. The van der Waals surface area contributed by atoms with Crippen molar-refractivity contribution in [3.8, 4) is 16.9 Å². The van der Waals surface area contributed by atoms with Crippen LogP contribution >= 0.6 is 0 Å². The lowest BCUT2D eigenvalue weighted by molar-refractivity contribution is -0.227. The molecule has 0 unspecified atom stereocenters. The molecule has 0 atom stereocenters. The van der Waals surface area contributed by atoms with Gasteiger partial charge in [0.2, 0.25) is 11.7 Å². The number of benzene rings is 2. The summed E-state index contributed by atoms with van der Waals surface area (Å²) in [5, 5.41) is 8.73. The van der Waals surface area contributed by atoms with Gasteiger partial charge in [0, 0.05) is 37.9 Å². The molecule has 0 aliphatic carbocycles. The standard InChI is InChI=1S/C22H22FNO5/c23-18-4-1-15(2-5-18)16-3-6-19-17(13-16)14-28-22(29-19)9-11-24(12-10-22)20(25)7-8-21(26)27/h1-6,13H,7-12,14H2,(H,26,27). The van der Waals surface area contributed by atoms with E-state index in [-0.39, 0.29) is 24.6 Å². The van der Waals surface area contributed by atoms with Crippen molar-refractivity contribution < 1.29 is 28.6 Å². The first-order chi connectivity index (χ1) is 13.9. The van der Waals surface area contributed by atoms with Crippen molar-refractivity contribution in [2.45, 2.75) is 38.1 Å². The molecule has 1 amide bonds. The van der Waals surface area contributed by atoms with E-state index in [2.05, 4.69) is 0 Å². The molecule has 0 aromatic heterocycles. The highest BCUT2D eigenvalue weighted by Crippen LogP contribution is 2.39. The summed E-state index contributed by atoms with van der Waals surface area (Å²) >= 11 is 0. The van der Waals surface area contributed by atoms with Crippen molar-refractivity contribution in [3.63, 3.8) is 0 Å². The van der Waals surface area contributed by atoms with Crippen molar-refractivity contribution in [3.05, 3.63) is 53.8 Å². The number of rotatable bonds is 4. The van der Waals surface area contributed by atoms with Gasteiger partial charge in [-0.05, 0) is 35.4 Å². The third-order valence-electron chi connectivity index (χ3n) is 5.46. The summed E-state index contributed by atoms with van der Waals surface area (Å²) in [7, 11) is 0. The van der Waals surface area contributed by atoms with Crippen LogP contribution in [0.2, 0.25) is 0 Å². The zero-order chi connectivity index (χ0) is 20.4. The van der Waals surface area contributed by atoms with E-state index in [9.17, 15) is 14.0 Å². The topological polar surface area (TPSA) is 76.1 Å². The van der Waals surface area contributed by atoms with E-state index in [0.717, 1.165) is 22.4 Å². The van der Waals surface area contributed by atoms with E-state index in [1.807, 2.05) is 18.2 Å². The maximum absolute atomic E-state index is 13.1. The van der Waals surface area contributed by atoms with E-state index in [1.54, 1.807) is 17.0 Å². The number of hydrogen-bond donors (Lipinski definition) is 1. The molecule has 0 radical (unpaired) electrons. The number of hydrogen-bond acceptors (Lipinski definition) is 4. The number of fused-ring (bicyclic) bond motifs is 1. The SMILES string of the molecule is O=C(O)CCC(=O)N1CCC2(CC1)OCc1cc(-c3ccc(F)cc3)ccc1O2. The normalized spacial score (nSPS) is 17.5. The fourth-order valence-electron chi connectivity index (χ4n) is 3.77. The summed E-state index contributed by atoms with van der Waals surface area (Å²) in [6.45, 7) is 1.35. The lowest BCUT2D eigenvalue weighted by Crippen LogP contribution is -2.52. The van der Waals surface area contributed by atoms with Gasteiger partial charge >= 0.3 is 5.97 Å². The summed E-state index contributed by atoms with van der Waals surface area (Å²) in [5.74, 6) is -1.39. The van der Waals surface area contributed by atoms with Gasteiger partial charge in [-0.15, -0.1) is 0 Å². The van der Waals surface area contributed by atoms with Crippen LogP contribution in [0.5, 0.6) is 5.75 Å². The Hall–Kier alpha value is -2.93. The number of carboxylic acid groups (broad SMARTS) is 1. The number of aliphatic carboxylic acids is 1. The maximum atomic E-state index is 13.1. The van der Waals surface area contributed by atoms with Crippen LogP contribution in [0.1, 0.15) is 31.2 Å². The summed E-state index contributed by atoms with van der Waals surface area (Å²) in [4.78, 5) is 24.4. The highest BCUT2D eigenvalue weighted by atomic mass is 19.1. The largest absolute Gasteiger partial charge is 0.481 e. The van der Waals surface area contributed by atoms with Gasteiger partial charge < -0.3 is 19.5 Å². The summed E-state index contributed by atoms with van der Waals surface area (Å²) in [6, 6.07) is 12.2. The summed E-state index contributed by atoms with van der Waals surface area (Å²) in [6.07, 6.45) is 0.923. The van der Waals surface area contributed by atoms with Gasteiger partial charge in [0.1, 0.15) is 11.6 Å². The number of carbonyl (C=O) groups is 2. The quantitative estimate of drug-likeness (QED) is 0.850. The van der Waals surface area contributed by atoms with Crippen LogP contribution in [-0.2, 0) is 20.9 Å². The zero-order valence-electron chi connectivity index (χ0n) is 15.9. The molecule has 2 aliphatic rings. The first-order valence-corrected chi connectivity index (χ1v) is 9.66. The maximum Gasteiger partial charge on any atom is 0.303 e. The minimum absolute atomic E-state index is 0.0129. The predicted molar refractivity (Wildman–Crippen MR) is 103 cm³/mol. The lowest BCUT2D eigenvalue weighted by Gasteiger charge is -2.44. The van der Waals surface area contributed by atoms with Crippen LogP contribution in [0.15, 0.2) is 42.5 Å². The Bertz CT molecular complexity index is 919. The van der Waals surface area contributed by atoms with Crippen LogP contribution < -0.4 is 4.74 Å². The molecule has 152 valence electrons. The van der Waals surface area contributed by atoms with Crippen molar-refractivity contribution in [1.29, 1.82) is 0 Å². The van der Waals surface area contributed by atoms with Crippen LogP contribution in [0.25, 0.3) is 11.1 Å². The number of amides is 1. The molecule has 2 aromatic rings. The predicted octanol–water partition coefficient (Wildman–Crippen LogP) is 3.59. The van der Waals surface area contributed by atoms with E-state index in [4.69, 9.17) is 14.6 Å². The smallest absolute Gasteiger partial charge is 0.303 e. The van der Waals surface area contributed by atoms with E-state index in [0.29, 0.717) is 32.5 Å². The first kappa shape index (κ1) is 19.4. The summed E-state index contributed by atoms with van der Waals surface area (Å²) < 4.78 is 25.4. The highest BCUT2D eigenvalue weighted by molar-refractivity contribution is 5.80. The first-order valence-electron chi connectivity index (χ1n) is 9.66. The van der Waals surface area contributed by atoms with Gasteiger partial charge in [-0.25, -0.2) is 4.39 Å². The Kier molecular flexibility index (Phi) is 5.24. The second kappa shape index (κ2) is 7.83. The molecule has 2 heterocycles. The fraction of sp³-hybridized carbons (Fsp3) is 0.364. The molecule has 0 bridgehead atoms. The van der Waals surface area contributed by atoms with Crippen molar-refractivity contribution in [2.75, 3.05) is 13.1 Å². The van der Waals surface area contributed by atoms with Crippen LogP contribution in [0, 0.1) is 5.82 Å². The molecule has 7 heteroatoms. The number of piperidine rings is 1. The van der Waals surface area contributed by atoms with Crippen LogP contribution in [-0.4, -0.2) is 40.8 Å². The molecule has 0 saturated carbocycles. The molecule has 4 rings (SSSR count). The minimum atomic E-state index is -0.970. The molecule has 2 aliphatic heterocycles. The number of carboxylic acids is 1. The Morgan fingerprint density at radius 1 is 1.03 bits per heavy atom. The third-order valence-corrected chi connectivity index (χ3v) is 5.46. The fourth-order valence-corrected chi connectivity index (χ4v) is 3.77. The Balaban J connectivity index is 1.41. The van der Waals surface area contributed by atoms with E-state index >= 15 is 0 Å². The third kappa shape index (κ3) is 4.24. The Labute approximate surface area is 167 Å². The number of halogens is 1. The molecular weight excluding hydrogens is 377 g/mol. The molecule has 1 spiro atoms. The molecule has 1 fully saturated rings. The zero-order valence-corrected chi connectivity index (χ0v) is 15.9. The van der Waals surface area contributed by atoms with Gasteiger partial charge in [0.25, 0.3) is 0 Å². The van der Waals surface area contributed by atoms with Crippen LogP contribution in [0.3, 0.4) is 0 Å². The average molecular weight is 399 g/mol. The molecule has 2 aromatic carbocycles. The molecule has 1 N–H and O–H groups in total. The highest BCUT2D eigenvalue weighted by Gasteiger charge is 2.41. The van der Waals surface area contributed by atoms with Crippen LogP contribution in [0.4, 0.5) is 4.39 Å². The molecule has 6 nitrogen and oxygen atoms in total. The molecule has 1 saturated heterocycles. The van der Waals surface area contributed by atoms with E-state index < -0.39 is 11.8 Å². The van der Waals surface area contributed by atoms with E-state index in [1.165, 1.54) is 12.1 Å². The monoisotopic (exact) mass is 399 g/mol. The van der Waals surface area contributed by atoms with Gasteiger partial charge in [0.05, 0.1) is 13.0 Å². The molecular formula is C22H22FNO5. The summed E-state index contributed by atoms with van der Waals surface area (Å²) in [5.41, 5.74) is 2.81. The number of likely N-dealkylation sites (tertiary alicyclic amines) is 1. The lowest BCUT2D eigenvalue weighted by atomic mass is 9.99. The second-order valence-corrected chi connectivity index (χ2v) is 7.41. The minimum Gasteiger partial charge on any atom is -0.481 e. The van der Waals surface area contributed by atoms with Crippen molar-refractivity contribution >= 4 is 11.9 Å². The van der Waals surface area contributed by atoms with Crippen molar-refractivity contribution in [2.24, 2.45) is 0 Å². The number of nitrogens with zero attached hydrogens (tertiary/aromatic N) is 1. The Morgan fingerprint density at radius 3 is 2.41 bits per heavy atom. The number of carbonyl (C=O) groups excluding carboxylic acids is 1. The van der Waals surface area contributed by atoms with Gasteiger partial charge in [-0.3, -0.25) is 9.59 Å². The second-order valence-electron chi connectivity index (χ2n) is 7.41. The van der Waals surface area contributed by atoms with Gasteiger partial charge in [-0.2, -0.15) is 0 Å². The Morgan fingerprint density at radius 2 is 1.72 bits per heavy atom.